The van der Waals surface area contributed by atoms with Crippen LogP contribution in [0.2, 0.25) is 0 Å². The first-order valence-corrected chi connectivity index (χ1v) is 2.94. The Bertz CT molecular complexity index is 153. The number of carbonyl (C=O) groups excluding carboxylic acids is 1. The van der Waals surface area contributed by atoms with Gasteiger partial charge in [-0.05, 0) is 6.08 Å². The second kappa shape index (κ2) is 4.67. The van der Waals surface area contributed by atoms with Gasteiger partial charge in [-0.3, -0.25) is 14.9 Å². The SMILES string of the molecule is C=CC(=O)CCC[N+](=O)[O-]. The molecule has 0 aliphatic rings. The van der Waals surface area contributed by atoms with E-state index in [1.165, 1.54) is 6.08 Å². The predicted molar refractivity (Wildman–Crippen MR) is 36.3 cm³/mol. The zero-order chi connectivity index (χ0) is 7.98. The van der Waals surface area contributed by atoms with Crippen LogP contribution in [0.5, 0.6) is 0 Å². The van der Waals surface area contributed by atoms with Gasteiger partial charge in [-0.2, -0.15) is 0 Å². The van der Waals surface area contributed by atoms with E-state index in [9.17, 15) is 14.9 Å². The summed E-state index contributed by atoms with van der Waals surface area (Å²) in [5.74, 6) is -0.137. The van der Waals surface area contributed by atoms with E-state index >= 15 is 0 Å². The van der Waals surface area contributed by atoms with E-state index in [0.717, 1.165) is 0 Å². The molecule has 0 atom stereocenters. The van der Waals surface area contributed by atoms with E-state index in [4.69, 9.17) is 0 Å². The molecule has 0 bridgehead atoms. The van der Waals surface area contributed by atoms with E-state index in [-0.39, 0.29) is 18.7 Å². The Morgan fingerprint density at radius 2 is 2.30 bits per heavy atom. The summed E-state index contributed by atoms with van der Waals surface area (Å²) in [7, 11) is 0. The lowest BCUT2D eigenvalue weighted by molar-refractivity contribution is -0.480. The van der Waals surface area contributed by atoms with Gasteiger partial charge in [0.05, 0.1) is 0 Å². The Morgan fingerprint density at radius 3 is 2.70 bits per heavy atom. The maximum atomic E-state index is 10.5. The molecule has 0 fully saturated rings. The van der Waals surface area contributed by atoms with Gasteiger partial charge in [-0.25, -0.2) is 0 Å². The second-order valence-corrected chi connectivity index (χ2v) is 1.83. The first kappa shape index (κ1) is 8.81. The molecule has 0 aromatic heterocycles. The number of hydrogen-bond donors (Lipinski definition) is 0. The molecule has 4 nitrogen and oxygen atoms in total. The first-order chi connectivity index (χ1) is 4.66. The number of nitro groups is 1. The lowest BCUT2D eigenvalue weighted by Gasteiger charge is -1.89. The molecule has 10 heavy (non-hydrogen) atoms. The van der Waals surface area contributed by atoms with Crippen LogP contribution in [0.1, 0.15) is 12.8 Å². The highest BCUT2D eigenvalue weighted by atomic mass is 16.6. The van der Waals surface area contributed by atoms with Crippen molar-refractivity contribution in [2.75, 3.05) is 6.54 Å². The normalized spacial score (nSPS) is 8.80. The Balaban J connectivity index is 3.28. The molecular formula is C6H9NO3. The molecule has 56 valence electrons. The van der Waals surface area contributed by atoms with Crippen LogP contribution in [-0.2, 0) is 4.79 Å². The molecule has 0 saturated heterocycles. The molecule has 0 aliphatic carbocycles. The molecule has 0 aliphatic heterocycles. The van der Waals surface area contributed by atoms with Crippen molar-refractivity contribution in [3.05, 3.63) is 22.8 Å². The third kappa shape index (κ3) is 4.96. The Kier molecular flexibility index (Phi) is 4.11. The van der Waals surface area contributed by atoms with Gasteiger partial charge >= 0.3 is 0 Å². The quantitative estimate of drug-likeness (QED) is 0.325. The lowest BCUT2D eigenvalue weighted by atomic mass is 10.2. The molecule has 0 N–H and O–H groups in total. The molecule has 0 saturated carbocycles. The molecule has 0 radical (unpaired) electrons. The standard InChI is InChI=1S/C6H9NO3/c1-2-6(8)4-3-5-7(9)10/h2H,1,3-5H2. The highest BCUT2D eigenvalue weighted by Gasteiger charge is 1.99. The topological polar surface area (TPSA) is 60.2 Å². The Morgan fingerprint density at radius 1 is 1.70 bits per heavy atom. The summed E-state index contributed by atoms with van der Waals surface area (Å²) in [4.78, 5) is 19.8. The highest BCUT2D eigenvalue weighted by Crippen LogP contribution is 1.91. The average molecular weight is 143 g/mol. The van der Waals surface area contributed by atoms with Crippen molar-refractivity contribution in [3.63, 3.8) is 0 Å². The van der Waals surface area contributed by atoms with Gasteiger partial charge in [-0.1, -0.05) is 6.58 Å². The van der Waals surface area contributed by atoms with Gasteiger partial charge in [0.2, 0.25) is 6.54 Å². The van der Waals surface area contributed by atoms with Gasteiger partial charge in [-0.15, -0.1) is 0 Å². The fourth-order valence-electron chi connectivity index (χ4n) is 0.484. The molecular weight excluding hydrogens is 134 g/mol. The summed E-state index contributed by atoms with van der Waals surface area (Å²) in [6.45, 7) is 3.10. The van der Waals surface area contributed by atoms with Crippen molar-refractivity contribution in [1.82, 2.24) is 0 Å². The molecule has 0 spiro atoms. The largest absolute Gasteiger partial charge is 0.295 e. The highest BCUT2D eigenvalue weighted by molar-refractivity contribution is 5.88. The van der Waals surface area contributed by atoms with Crippen LogP contribution in [0.25, 0.3) is 0 Å². The van der Waals surface area contributed by atoms with E-state index in [2.05, 4.69) is 6.58 Å². The van der Waals surface area contributed by atoms with Crippen LogP contribution >= 0.6 is 0 Å². The number of hydrogen-bond acceptors (Lipinski definition) is 3. The molecule has 0 rings (SSSR count). The van der Waals surface area contributed by atoms with Crippen LogP contribution in [0.15, 0.2) is 12.7 Å². The van der Waals surface area contributed by atoms with Gasteiger partial charge < -0.3 is 0 Å². The number of nitrogens with zero attached hydrogens (tertiary/aromatic N) is 1. The zero-order valence-electron chi connectivity index (χ0n) is 5.58. The van der Waals surface area contributed by atoms with E-state index in [1.807, 2.05) is 0 Å². The van der Waals surface area contributed by atoms with Crippen molar-refractivity contribution in [2.24, 2.45) is 0 Å². The van der Waals surface area contributed by atoms with Crippen molar-refractivity contribution < 1.29 is 9.72 Å². The van der Waals surface area contributed by atoms with Gasteiger partial charge in [0.15, 0.2) is 5.78 Å². The van der Waals surface area contributed by atoms with Crippen LogP contribution < -0.4 is 0 Å². The minimum Gasteiger partial charge on any atom is -0.295 e. The van der Waals surface area contributed by atoms with Crippen molar-refractivity contribution >= 4 is 5.78 Å². The number of rotatable bonds is 5. The summed E-state index contributed by atoms with van der Waals surface area (Å²) in [6, 6.07) is 0. The zero-order valence-corrected chi connectivity index (χ0v) is 5.58. The third-order valence-corrected chi connectivity index (χ3v) is 0.992. The van der Waals surface area contributed by atoms with Gasteiger partial charge in [0, 0.05) is 17.8 Å². The van der Waals surface area contributed by atoms with Crippen LogP contribution in [0, 0.1) is 10.1 Å². The average Bonchev–Trinajstić information content (AvgIpc) is 1.87. The fraction of sp³-hybridized carbons (Fsp3) is 0.500. The van der Waals surface area contributed by atoms with Crippen molar-refractivity contribution in [1.29, 1.82) is 0 Å². The van der Waals surface area contributed by atoms with Gasteiger partial charge in [0.1, 0.15) is 0 Å². The molecule has 0 amide bonds. The predicted octanol–water partition coefficient (Wildman–Crippen LogP) is 0.798. The lowest BCUT2D eigenvalue weighted by Crippen LogP contribution is -2.02. The van der Waals surface area contributed by atoms with Crippen LogP contribution in [-0.4, -0.2) is 17.3 Å². The second-order valence-electron chi connectivity index (χ2n) is 1.83. The van der Waals surface area contributed by atoms with Crippen molar-refractivity contribution in [3.8, 4) is 0 Å². The monoisotopic (exact) mass is 143 g/mol. The van der Waals surface area contributed by atoms with Crippen LogP contribution in [0.4, 0.5) is 0 Å². The summed E-state index contributed by atoms with van der Waals surface area (Å²) in [5.41, 5.74) is 0. The minimum absolute atomic E-state index is 0.137. The molecule has 0 aromatic carbocycles. The van der Waals surface area contributed by atoms with Gasteiger partial charge in [0.25, 0.3) is 0 Å². The molecule has 4 heteroatoms. The Labute approximate surface area is 58.7 Å². The van der Waals surface area contributed by atoms with Crippen molar-refractivity contribution in [2.45, 2.75) is 12.8 Å². The van der Waals surface area contributed by atoms with Crippen LogP contribution in [0.3, 0.4) is 0 Å². The maximum absolute atomic E-state index is 10.5. The molecule has 0 heterocycles. The molecule has 0 unspecified atom stereocenters. The summed E-state index contributed by atoms with van der Waals surface area (Å²) < 4.78 is 0. The summed E-state index contributed by atoms with van der Waals surface area (Å²) in [5, 5.41) is 9.74. The number of allylic oxidation sites excluding steroid dienone is 1. The van der Waals surface area contributed by atoms with E-state index in [0.29, 0.717) is 6.42 Å². The molecule has 0 aromatic rings. The maximum Gasteiger partial charge on any atom is 0.204 e. The fourth-order valence-corrected chi connectivity index (χ4v) is 0.484. The number of ketones is 1. The smallest absolute Gasteiger partial charge is 0.204 e. The summed E-state index contributed by atoms with van der Waals surface area (Å²) >= 11 is 0. The first-order valence-electron chi connectivity index (χ1n) is 2.94. The van der Waals surface area contributed by atoms with E-state index < -0.39 is 4.92 Å². The summed E-state index contributed by atoms with van der Waals surface area (Å²) in [6.07, 6.45) is 1.71. The number of carbonyl (C=O) groups is 1. The third-order valence-electron chi connectivity index (χ3n) is 0.992. The van der Waals surface area contributed by atoms with E-state index in [1.54, 1.807) is 0 Å². The minimum atomic E-state index is -0.434. The Hall–Kier alpha value is -1.19.